The fourth-order valence-corrected chi connectivity index (χ4v) is 2.18. The van der Waals surface area contributed by atoms with E-state index < -0.39 is 0 Å². The number of rotatable bonds is 4. The highest BCUT2D eigenvalue weighted by atomic mass is 16.5. The van der Waals surface area contributed by atoms with E-state index in [1.807, 2.05) is 49.4 Å². The lowest BCUT2D eigenvalue weighted by molar-refractivity contribution is 0.102. The van der Waals surface area contributed by atoms with E-state index >= 15 is 0 Å². The first-order chi connectivity index (χ1) is 10.0. The van der Waals surface area contributed by atoms with E-state index in [0.29, 0.717) is 17.2 Å². The second kappa shape index (κ2) is 6.44. The number of hydrogen-bond donors (Lipinski definition) is 1. The first-order valence-electron chi connectivity index (χ1n) is 7.08. The van der Waals surface area contributed by atoms with Crippen molar-refractivity contribution in [3.63, 3.8) is 0 Å². The largest absolute Gasteiger partial charge is 0.495 e. The molecule has 0 unspecified atom stereocenters. The highest BCUT2D eigenvalue weighted by Crippen LogP contribution is 2.28. The number of hydrogen-bond acceptors (Lipinski definition) is 2. The number of nitrogens with one attached hydrogen (secondary N) is 1. The van der Waals surface area contributed by atoms with Crippen LogP contribution in [0, 0.1) is 6.92 Å². The molecule has 0 bridgehead atoms. The molecule has 0 saturated carbocycles. The van der Waals surface area contributed by atoms with Crippen LogP contribution in [0.4, 0.5) is 5.69 Å². The minimum Gasteiger partial charge on any atom is -0.495 e. The van der Waals surface area contributed by atoms with Gasteiger partial charge >= 0.3 is 0 Å². The van der Waals surface area contributed by atoms with Gasteiger partial charge in [0, 0.05) is 5.56 Å². The van der Waals surface area contributed by atoms with E-state index in [2.05, 4.69) is 19.2 Å². The van der Waals surface area contributed by atoms with Gasteiger partial charge < -0.3 is 10.1 Å². The quantitative estimate of drug-likeness (QED) is 0.904. The van der Waals surface area contributed by atoms with Gasteiger partial charge in [-0.05, 0) is 42.2 Å². The average Bonchev–Trinajstić information content (AvgIpc) is 2.49. The zero-order chi connectivity index (χ0) is 15.4. The lowest BCUT2D eigenvalue weighted by atomic mass is 10.0. The van der Waals surface area contributed by atoms with Crippen LogP contribution < -0.4 is 10.1 Å². The SMILES string of the molecule is COc1cccc(C)c1NC(=O)c1ccc(C(C)C)cc1. The maximum atomic E-state index is 12.3. The highest BCUT2D eigenvalue weighted by molar-refractivity contribution is 6.05. The topological polar surface area (TPSA) is 38.3 Å². The fraction of sp³-hybridized carbons (Fsp3) is 0.278. The van der Waals surface area contributed by atoms with Gasteiger partial charge in [-0.15, -0.1) is 0 Å². The summed E-state index contributed by atoms with van der Waals surface area (Å²) in [5.41, 5.74) is 3.56. The Kier molecular flexibility index (Phi) is 4.63. The average molecular weight is 283 g/mol. The first kappa shape index (κ1) is 15.1. The van der Waals surface area contributed by atoms with E-state index in [4.69, 9.17) is 4.74 Å². The Bertz CT molecular complexity index is 630. The Morgan fingerprint density at radius 3 is 2.33 bits per heavy atom. The van der Waals surface area contributed by atoms with Gasteiger partial charge in [0.1, 0.15) is 5.75 Å². The zero-order valence-corrected chi connectivity index (χ0v) is 12.9. The molecular weight excluding hydrogens is 262 g/mol. The number of carbonyl (C=O) groups excluding carboxylic acids is 1. The van der Waals surface area contributed by atoms with Crippen molar-refractivity contribution in [3.8, 4) is 5.75 Å². The molecule has 0 saturated heterocycles. The van der Waals surface area contributed by atoms with Crippen molar-refractivity contribution < 1.29 is 9.53 Å². The van der Waals surface area contributed by atoms with Crippen LogP contribution in [0.1, 0.15) is 41.3 Å². The molecule has 0 aliphatic carbocycles. The Morgan fingerprint density at radius 1 is 1.10 bits per heavy atom. The predicted octanol–water partition coefficient (Wildman–Crippen LogP) is 4.38. The molecule has 21 heavy (non-hydrogen) atoms. The second-order valence-corrected chi connectivity index (χ2v) is 5.38. The number of anilines is 1. The van der Waals surface area contributed by atoms with Crippen molar-refractivity contribution in [1.82, 2.24) is 0 Å². The number of aryl methyl sites for hydroxylation is 1. The molecule has 2 aromatic rings. The van der Waals surface area contributed by atoms with Gasteiger partial charge in [-0.25, -0.2) is 0 Å². The zero-order valence-electron chi connectivity index (χ0n) is 12.9. The Balaban J connectivity index is 2.22. The molecule has 1 N–H and O–H groups in total. The summed E-state index contributed by atoms with van der Waals surface area (Å²) < 4.78 is 5.30. The molecule has 2 aromatic carbocycles. The maximum Gasteiger partial charge on any atom is 0.255 e. The van der Waals surface area contributed by atoms with Crippen molar-refractivity contribution >= 4 is 11.6 Å². The van der Waals surface area contributed by atoms with Crippen molar-refractivity contribution in [3.05, 3.63) is 59.2 Å². The van der Waals surface area contributed by atoms with Gasteiger partial charge in [-0.1, -0.05) is 38.1 Å². The summed E-state index contributed by atoms with van der Waals surface area (Å²) in [6.45, 7) is 6.21. The van der Waals surface area contributed by atoms with Crippen LogP contribution in [-0.2, 0) is 0 Å². The van der Waals surface area contributed by atoms with Crippen molar-refractivity contribution in [2.45, 2.75) is 26.7 Å². The van der Waals surface area contributed by atoms with E-state index in [-0.39, 0.29) is 5.91 Å². The molecule has 0 atom stereocenters. The maximum absolute atomic E-state index is 12.3. The number of methoxy groups -OCH3 is 1. The third kappa shape index (κ3) is 3.43. The number of para-hydroxylation sites is 1. The predicted molar refractivity (Wildman–Crippen MR) is 86.2 cm³/mol. The molecule has 0 aliphatic rings. The highest BCUT2D eigenvalue weighted by Gasteiger charge is 2.12. The molecule has 1 amide bonds. The molecule has 0 heterocycles. The van der Waals surface area contributed by atoms with E-state index in [1.54, 1.807) is 7.11 Å². The van der Waals surface area contributed by atoms with Crippen LogP contribution in [0.15, 0.2) is 42.5 Å². The van der Waals surface area contributed by atoms with Crippen LogP contribution in [0.5, 0.6) is 5.75 Å². The van der Waals surface area contributed by atoms with Gasteiger partial charge in [0.15, 0.2) is 0 Å². The molecule has 0 spiro atoms. The molecule has 0 aliphatic heterocycles. The van der Waals surface area contributed by atoms with Gasteiger partial charge in [0.2, 0.25) is 0 Å². The summed E-state index contributed by atoms with van der Waals surface area (Å²) in [5.74, 6) is 0.999. The molecule has 110 valence electrons. The third-order valence-corrected chi connectivity index (χ3v) is 3.53. The summed E-state index contributed by atoms with van der Waals surface area (Å²) in [6.07, 6.45) is 0. The molecule has 3 heteroatoms. The van der Waals surface area contributed by atoms with E-state index in [1.165, 1.54) is 5.56 Å². The van der Waals surface area contributed by atoms with Crippen molar-refractivity contribution in [2.24, 2.45) is 0 Å². The van der Waals surface area contributed by atoms with Gasteiger partial charge in [0.05, 0.1) is 12.8 Å². The van der Waals surface area contributed by atoms with Crippen LogP contribution in [0.2, 0.25) is 0 Å². The number of amides is 1. The Morgan fingerprint density at radius 2 is 1.76 bits per heavy atom. The van der Waals surface area contributed by atoms with Crippen molar-refractivity contribution in [2.75, 3.05) is 12.4 Å². The molecule has 2 rings (SSSR count). The molecule has 0 fully saturated rings. The van der Waals surface area contributed by atoms with Crippen LogP contribution in [0.25, 0.3) is 0 Å². The van der Waals surface area contributed by atoms with E-state index in [0.717, 1.165) is 11.3 Å². The third-order valence-electron chi connectivity index (χ3n) is 3.53. The number of benzene rings is 2. The first-order valence-corrected chi connectivity index (χ1v) is 7.08. The summed E-state index contributed by atoms with van der Waals surface area (Å²) in [7, 11) is 1.60. The monoisotopic (exact) mass is 283 g/mol. The molecule has 0 aromatic heterocycles. The standard InChI is InChI=1S/C18H21NO2/c1-12(2)14-8-10-15(11-9-14)18(20)19-17-13(3)6-5-7-16(17)21-4/h5-12H,1-4H3,(H,19,20). The van der Waals surface area contributed by atoms with Gasteiger partial charge in [-0.2, -0.15) is 0 Å². The number of ether oxygens (including phenoxy) is 1. The van der Waals surface area contributed by atoms with Crippen molar-refractivity contribution in [1.29, 1.82) is 0 Å². The summed E-state index contributed by atoms with van der Waals surface area (Å²) in [4.78, 5) is 12.3. The molecular formula is C18H21NO2. The second-order valence-electron chi connectivity index (χ2n) is 5.38. The molecule has 0 radical (unpaired) electrons. The summed E-state index contributed by atoms with van der Waals surface area (Å²) in [6, 6.07) is 13.4. The van der Waals surface area contributed by atoms with E-state index in [9.17, 15) is 4.79 Å². The fourth-order valence-electron chi connectivity index (χ4n) is 2.18. The summed E-state index contributed by atoms with van der Waals surface area (Å²) in [5, 5.41) is 2.93. The minimum absolute atomic E-state index is 0.127. The van der Waals surface area contributed by atoms with Gasteiger partial charge in [0.25, 0.3) is 5.91 Å². The minimum atomic E-state index is -0.127. The van der Waals surface area contributed by atoms with Crippen LogP contribution in [-0.4, -0.2) is 13.0 Å². The Labute approximate surface area is 126 Å². The lowest BCUT2D eigenvalue weighted by Crippen LogP contribution is -2.13. The Hall–Kier alpha value is -2.29. The normalized spacial score (nSPS) is 10.5. The smallest absolute Gasteiger partial charge is 0.255 e. The van der Waals surface area contributed by atoms with Crippen LogP contribution in [0.3, 0.4) is 0 Å². The molecule has 3 nitrogen and oxygen atoms in total. The summed E-state index contributed by atoms with van der Waals surface area (Å²) >= 11 is 0. The van der Waals surface area contributed by atoms with Gasteiger partial charge in [-0.3, -0.25) is 4.79 Å². The number of carbonyl (C=O) groups is 1. The lowest BCUT2D eigenvalue weighted by Gasteiger charge is -2.13. The van der Waals surface area contributed by atoms with Crippen LogP contribution >= 0.6 is 0 Å².